The molecule has 0 heteroatoms. The SMILES string of the molecule is [CH2]C=CC=CC=CC=CCCCC. The van der Waals surface area contributed by atoms with Crippen LogP contribution >= 0.6 is 0 Å². The predicted octanol–water partition coefficient (Wildman–Crippen LogP) is 4.24. The van der Waals surface area contributed by atoms with Crippen LogP contribution in [0, 0.1) is 6.92 Å². The van der Waals surface area contributed by atoms with E-state index in [0.29, 0.717) is 0 Å². The lowest BCUT2D eigenvalue weighted by atomic mass is 10.2. The van der Waals surface area contributed by atoms with Crippen LogP contribution in [-0.4, -0.2) is 0 Å². The molecule has 0 aliphatic heterocycles. The van der Waals surface area contributed by atoms with Crippen molar-refractivity contribution >= 4 is 0 Å². The number of hydrogen-bond acceptors (Lipinski definition) is 0. The fourth-order valence-electron chi connectivity index (χ4n) is 0.832. The van der Waals surface area contributed by atoms with Crippen LogP contribution in [0.1, 0.15) is 26.2 Å². The van der Waals surface area contributed by atoms with Crippen molar-refractivity contribution < 1.29 is 0 Å². The van der Waals surface area contributed by atoms with E-state index in [1.165, 1.54) is 19.3 Å². The molecule has 0 aliphatic carbocycles. The summed E-state index contributed by atoms with van der Waals surface area (Å²) in [4.78, 5) is 0. The molecule has 0 N–H and O–H groups in total. The summed E-state index contributed by atoms with van der Waals surface area (Å²) in [5.41, 5.74) is 0. The molecule has 0 aromatic carbocycles. The first-order valence-electron chi connectivity index (χ1n) is 4.86. The first kappa shape index (κ1) is 12.0. The van der Waals surface area contributed by atoms with Crippen molar-refractivity contribution in [3.05, 3.63) is 55.5 Å². The molecular formula is C13H19. The van der Waals surface area contributed by atoms with Gasteiger partial charge in [0.1, 0.15) is 0 Å². The van der Waals surface area contributed by atoms with Gasteiger partial charge < -0.3 is 0 Å². The Bertz CT molecular complexity index is 192. The fraction of sp³-hybridized carbons (Fsp3) is 0.308. The molecule has 0 saturated carbocycles. The standard InChI is InChI=1S/C13H19/c1-3-5-7-9-11-13-12-10-8-6-4-2/h3,5,7,9-13H,1,4,6,8H2,2H3. The van der Waals surface area contributed by atoms with Crippen LogP contribution in [0.5, 0.6) is 0 Å². The molecule has 0 spiro atoms. The Hall–Kier alpha value is -1.04. The highest BCUT2D eigenvalue weighted by molar-refractivity contribution is 5.15. The number of allylic oxidation sites excluding steroid dienone is 8. The lowest BCUT2D eigenvalue weighted by Crippen LogP contribution is -1.64. The predicted molar refractivity (Wildman–Crippen MR) is 61.4 cm³/mol. The van der Waals surface area contributed by atoms with Gasteiger partial charge in [0.15, 0.2) is 0 Å². The summed E-state index contributed by atoms with van der Waals surface area (Å²) in [6.45, 7) is 5.79. The van der Waals surface area contributed by atoms with E-state index < -0.39 is 0 Å². The van der Waals surface area contributed by atoms with Crippen LogP contribution in [0.15, 0.2) is 48.6 Å². The molecule has 0 rings (SSSR count). The van der Waals surface area contributed by atoms with E-state index in [9.17, 15) is 0 Å². The second kappa shape index (κ2) is 11.0. The number of hydrogen-bond donors (Lipinski definition) is 0. The van der Waals surface area contributed by atoms with Crippen molar-refractivity contribution in [1.29, 1.82) is 0 Å². The van der Waals surface area contributed by atoms with Gasteiger partial charge in [0, 0.05) is 0 Å². The average molecular weight is 175 g/mol. The highest BCUT2D eigenvalue weighted by atomic mass is 13.8. The van der Waals surface area contributed by atoms with Gasteiger partial charge in [-0.25, -0.2) is 0 Å². The van der Waals surface area contributed by atoms with Crippen molar-refractivity contribution in [1.82, 2.24) is 0 Å². The fourth-order valence-corrected chi connectivity index (χ4v) is 0.832. The van der Waals surface area contributed by atoms with Gasteiger partial charge in [-0.1, -0.05) is 68.4 Å². The van der Waals surface area contributed by atoms with Crippen molar-refractivity contribution in [3.63, 3.8) is 0 Å². The minimum Gasteiger partial charge on any atom is -0.0845 e. The van der Waals surface area contributed by atoms with Crippen LogP contribution in [0.4, 0.5) is 0 Å². The van der Waals surface area contributed by atoms with Crippen molar-refractivity contribution in [2.24, 2.45) is 0 Å². The minimum absolute atomic E-state index is 1.18. The van der Waals surface area contributed by atoms with Crippen molar-refractivity contribution in [3.8, 4) is 0 Å². The third-order valence-electron chi connectivity index (χ3n) is 1.55. The smallest absolute Gasteiger partial charge is 0.0313 e. The lowest BCUT2D eigenvalue weighted by Gasteiger charge is -1.84. The molecule has 0 amide bonds. The summed E-state index contributed by atoms with van der Waals surface area (Å²) in [6.07, 6.45) is 19.7. The molecule has 0 aliphatic rings. The Balaban J connectivity index is 3.45. The van der Waals surface area contributed by atoms with Crippen LogP contribution < -0.4 is 0 Å². The molecule has 0 saturated heterocycles. The molecule has 0 fully saturated rings. The maximum atomic E-state index is 3.58. The van der Waals surface area contributed by atoms with E-state index in [2.05, 4.69) is 26.0 Å². The average Bonchev–Trinajstić information content (AvgIpc) is 2.16. The molecule has 0 aromatic rings. The van der Waals surface area contributed by atoms with Gasteiger partial charge in [-0.15, -0.1) is 0 Å². The Morgan fingerprint density at radius 3 is 2.15 bits per heavy atom. The van der Waals surface area contributed by atoms with Crippen LogP contribution in [-0.2, 0) is 0 Å². The van der Waals surface area contributed by atoms with Crippen LogP contribution in [0.25, 0.3) is 0 Å². The first-order valence-corrected chi connectivity index (χ1v) is 4.86. The Kier molecular flexibility index (Phi) is 10.1. The molecule has 13 heavy (non-hydrogen) atoms. The summed E-state index contributed by atoms with van der Waals surface area (Å²) < 4.78 is 0. The van der Waals surface area contributed by atoms with E-state index >= 15 is 0 Å². The monoisotopic (exact) mass is 175 g/mol. The van der Waals surface area contributed by atoms with E-state index in [1.54, 1.807) is 6.08 Å². The Labute approximate surface area is 82.4 Å². The van der Waals surface area contributed by atoms with E-state index in [0.717, 1.165) is 0 Å². The van der Waals surface area contributed by atoms with Crippen molar-refractivity contribution in [2.45, 2.75) is 26.2 Å². The van der Waals surface area contributed by atoms with Gasteiger partial charge in [0.2, 0.25) is 0 Å². The normalized spacial score (nSPS) is 13.1. The van der Waals surface area contributed by atoms with Crippen LogP contribution in [0.2, 0.25) is 0 Å². The molecule has 0 bridgehead atoms. The molecule has 0 atom stereocenters. The zero-order valence-electron chi connectivity index (χ0n) is 8.45. The maximum absolute atomic E-state index is 3.58. The maximum Gasteiger partial charge on any atom is -0.0313 e. The third kappa shape index (κ3) is 11.0. The second-order valence-corrected chi connectivity index (χ2v) is 2.77. The van der Waals surface area contributed by atoms with E-state index in [1.807, 2.05) is 30.4 Å². The number of unbranched alkanes of at least 4 members (excludes halogenated alkanes) is 2. The lowest BCUT2D eigenvalue weighted by molar-refractivity contribution is 0.815. The Morgan fingerprint density at radius 1 is 0.923 bits per heavy atom. The van der Waals surface area contributed by atoms with Gasteiger partial charge in [-0.3, -0.25) is 0 Å². The van der Waals surface area contributed by atoms with Gasteiger partial charge in [-0.05, 0) is 13.3 Å². The molecule has 0 nitrogen and oxygen atoms in total. The zero-order valence-corrected chi connectivity index (χ0v) is 8.45. The summed E-state index contributed by atoms with van der Waals surface area (Å²) in [5, 5.41) is 0. The molecule has 0 unspecified atom stereocenters. The van der Waals surface area contributed by atoms with E-state index in [4.69, 9.17) is 0 Å². The third-order valence-corrected chi connectivity index (χ3v) is 1.55. The summed E-state index contributed by atoms with van der Waals surface area (Å²) >= 11 is 0. The summed E-state index contributed by atoms with van der Waals surface area (Å²) in [6, 6.07) is 0. The van der Waals surface area contributed by atoms with Gasteiger partial charge in [0.25, 0.3) is 0 Å². The quantitative estimate of drug-likeness (QED) is 0.418. The molecule has 0 heterocycles. The minimum atomic E-state index is 1.18. The van der Waals surface area contributed by atoms with Crippen LogP contribution in [0.3, 0.4) is 0 Å². The molecular weight excluding hydrogens is 156 g/mol. The molecule has 0 aromatic heterocycles. The summed E-state index contributed by atoms with van der Waals surface area (Å²) in [5.74, 6) is 0. The highest BCUT2D eigenvalue weighted by Gasteiger charge is 1.74. The first-order chi connectivity index (χ1) is 6.41. The Morgan fingerprint density at radius 2 is 1.54 bits per heavy atom. The molecule has 71 valence electrons. The largest absolute Gasteiger partial charge is 0.0845 e. The topological polar surface area (TPSA) is 0 Å². The second-order valence-electron chi connectivity index (χ2n) is 2.77. The highest BCUT2D eigenvalue weighted by Crippen LogP contribution is 1.94. The van der Waals surface area contributed by atoms with Gasteiger partial charge in [-0.2, -0.15) is 0 Å². The van der Waals surface area contributed by atoms with E-state index in [-0.39, 0.29) is 0 Å². The van der Waals surface area contributed by atoms with Gasteiger partial charge in [0.05, 0.1) is 0 Å². The van der Waals surface area contributed by atoms with Gasteiger partial charge >= 0.3 is 0 Å². The summed E-state index contributed by atoms with van der Waals surface area (Å²) in [7, 11) is 0. The van der Waals surface area contributed by atoms with Crippen molar-refractivity contribution in [2.75, 3.05) is 0 Å². The number of rotatable bonds is 6. The molecule has 1 radical (unpaired) electrons. The zero-order chi connectivity index (χ0) is 9.78.